The van der Waals surface area contributed by atoms with Crippen molar-refractivity contribution in [3.05, 3.63) is 11.8 Å². The number of nitrogens with one attached hydrogen (secondary N) is 2. The fraction of sp³-hybridized carbons (Fsp3) is 0.667. The second-order valence-electron chi connectivity index (χ2n) is 5.26. The molecule has 2 rings (SSSR count). The van der Waals surface area contributed by atoms with Crippen LogP contribution >= 0.6 is 0 Å². The minimum absolute atomic E-state index is 0.124. The van der Waals surface area contributed by atoms with Crippen LogP contribution in [0.2, 0.25) is 0 Å². The Morgan fingerprint density at radius 3 is 2.82 bits per heavy atom. The van der Waals surface area contributed by atoms with Crippen LogP contribution in [0.15, 0.2) is 6.07 Å². The molecule has 5 nitrogen and oxygen atoms in total. The average Bonchev–Trinajstić information content (AvgIpc) is 2.74. The summed E-state index contributed by atoms with van der Waals surface area (Å²) in [6.07, 6.45) is 6.24. The first kappa shape index (κ1) is 12.0. The molecule has 1 fully saturated rings. The molecule has 0 bridgehead atoms. The number of nitrogens with two attached hydrogens (primary N) is 1. The Kier molecular flexibility index (Phi) is 3.36. The summed E-state index contributed by atoms with van der Waals surface area (Å²) in [5, 5.41) is 9.32. The number of nitrogen functional groups attached to an aromatic ring is 1. The van der Waals surface area contributed by atoms with Crippen LogP contribution in [-0.2, 0) is 0 Å². The van der Waals surface area contributed by atoms with E-state index in [1.165, 1.54) is 32.1 Å². The van der Waals surface area contributed by atoms with Crippen LogP contribution in [-0.4, -0.2) is 22.6 Å². The quantitative estimate of drug-likeness (QED) is 0.746. The Labute approximate surface area is 101 Å². The number of anilines is 1. The number of H-pyrrole nitrogens is 1. The van der Waals surface area contributed by atoms with E-state index in [1.807, 2.05) is 0 Å². The highest BCUT2D eigenvalue weighted by Crippen LogP contribution is 2.34. The van der Waals surface area contributed by atoms with Crippen LogP contribution < -0.4 is 11.1 Å². The van der Waals surface area contributed by atoms with Crippen LogP contribution in [0.1, 0.15) is 49.5 Å². The number of amides is 1. The van der Waals surface area contributed by atoms with Crippen molar-refractivity contribution in [3.8, 4) is 0 Å². The smallest absolute Gasteiger partial charge is 0.269 e. The normalized spacial score (nSPS) is 18.9. The SMILES string of the molecule is CC1(CNC(=O)c2cc(N)n[nH]2)CCCCC1. The van der Waals surface area contributed by atoms with Gasteiger partial charge in [0, 0.05) is 12.6 Å². The number of aromatic amines is 1. The van der Waals surface area contributed by atoms with E-state index in [2.05, 4.69) is 22.4 Å². The van der Waals surface area contributed by atoms with Gasteiger partial charge in [-0.3, -0.25) is 9.89 Å². The van der Waals surface area contributed by atoms with Crippen LogP contribution in [0.25, 0.3) is 0 Å². The van der Waals surface area contributed by atoms with Crippen molar-refractivity contribution in [2.24, 2.45) is 5.41 Å². The predicted molar refractivity (Wildman–Crippen MR) is 66.5 cm³/mol. The highest BCUT2D eigenvalue weighted by molar-refractivity contribution is 5.92. The second-order valence-corrected chi connectivity index (χ2v) is 5.26. The Hall–Kier alpha value is -1.52. The Morgan fingerprint density at radius 1 is 1.53 bits per heavy atom. The van der Waals surface area contributed by atoms with Crippen LogP contribution in [0, 0.1) is 5.41 Å². The minimum atomic E-state index is -0.124. The molecule has 1 saturated carbocycles. The summed E-state index contributed by atoms with van der Waals surface area (Å²) in [6.45, 7) is 2.97. The van der Waals surface area contributed by atoms with Crippen molar-refractivity contribution in [3.63, 3.8) is 0 Å². The molecule has 0 atom stereocenters. The molecule has 1 heterocycles. The zero-order valence-electron chi connectivity index (χ0n) is 10.3. The molecule has 1 aliphatic rings. The lowest BCUT2D eigenvalue weighted by molar-refractivity contribution is 0.0914. The molecule has 4 N–H and O–H groups in total. The van der Waals surface area contributed by atoms with E-state index >= 15 is 0 Å². The van der Waals surface area contributed by atoms with E-state index in [4.69, 9.17) is 5.73 Å². The maximum absolute atomic E-state index is 11.8. The highest BCUT2D eigenvalue weighted by Gasteiger charge is 2.27. The van der Waals surface area contributed by atoms with Gasteiger partial charge in [-0.2, -0.15) is 5.10 Å². The predicted octanol–water partition coefficient (Wildman–Crippen LogP) is 1.69. The third-order valence-corrected chi connectivity index (χ3v) is 3.58. The van der Waals surface area contributed by atoms with E-state index in [-0.39, 0.29) is 11.3 Å². The number of carbonyl (C=O) groups is 1. The van der Waals surface area contributed by atoms with Crippen molar-refractivity contribution in [2.45, 2.75) is 39.0 Å². The van der Waals surface area contributed by atoms with E-state index < -0.39 is 0 Å². The molecule has 0 aliphatic heterocycles. The Morgan fingerprint density at radius 2 is 2.24 bits per heavy atom. The summed E-state index contributed by atoms with van der Waals surface area (Å²) in [6, 6.07) is 1.55. The maximum atomic E-state index is 11.8. The summed E-state index contributed by atoms with van der Waals surface area (Å²) in [7, 11) is 0. The van der Waals surface area contributed by atoms with Gasteiger partial charge >= 0.3 is 0 Å². The first-order valence-electron chi connectivity index (χ1n) is 6.18. The average molecular weight is 236 g/mol. The lowest BCUT2D eigenvalue weighted by Crippen LogP contribution is -2.37. The standard InChI is InChI=1S/C12H20N4O/c1-12(5-3-2-4-6-12)8-14-11(17)9-7-10(13)16-15-9/h7H,2-6,8H2,1H3,(H,14,17)(H3,13,15,16). The van der Waals surface area contributed by atoms with Gasteiger partial charge in [-0.15, -0.1) is 0 Å². The molecule has 1 aromatic heterocycles. The first-order chi connectivity index (χ1) is 8.09. The molecule has 0 spiro atoms. The van der Waals surface area contributed by atoms with E-state index in [0.717, 1.165) is 6.54 Å². The lowest BCUT2D eigenvalue weighted by atomic mass is 9.76. The van der Waals surface area contributed by atoms with Crippen LogP contribution in [0.3, 0.4) is 0 Å². The Balaban J connectivity index is 1.87. The zero-order valence-corrected chi connectivity index (χ0v) is 10.3. The molecule has 0 unspecified atom stereocenters. The van der Waals surface area contributed by atoms with Crippen LogP contribution in [0.4, 0.5) is 5.82 Å². The van der Waals surface area contributed by atoms with E-state index in [9.17, 15) is 4.79 Å². The van der Waals surface area contributed by atoms with Gasteiger partial charge in [-0.25, -0.2) is 0 Å². The molecule has 17 heavy (non-hydrogen) atoms. The van der Waals surface area contributed by atoms with Crippen molar-refractivity contribution >= 4 is 11.7 Å². The van der Waals surface area contributed by atoms with Gasteiger partial charge in [-0.05, 0) is 18.3 Å². The summed E-state index contributed by atoms with van der Waals surface area (Å²) in [4.78, 5) is 11.8. The summed E-state index contributed by atoms with van der Waals surface area (Å²) in [5.74, 6) is 0.222. The number of hydrogen-bond donors (Lipinski definition) is 3. The second kappa shape index (κ2) is 4.77. The summed E-state index contributed by atoms with van der Waals surface area (Å²) >= 11 is 0. The molecule has 94 valence electrons. The monoisotopic (exact) mass is 236 g/mol. The highest BCUT2D eigenvalue weighted by atomic mass is 16.1. The van der Waals surface area contributed by atoms with E-state index in [1.54, 1.807) is 6.07 Å². The Bertz CT molecular complexity index is 393. The molecule has 1 amide bonds. The van der Waals surface area contributed by atoms with Gasteiger partial charge in [0.1, 0.15) is 11.5 Å². The summed E-state index contributed by atoms with van der Waals surface area (Å²) in [5.41, 5.74) is 6.14. The van der Waals surface area contributed by atoms with Crippen molar-refractivity contribution in [2.75, 3.05) is 12.3 Å². The third-order valence-electron chi connectivity index (χ3n) is 3.58. The van der Waals surface area contributed by atoms with Gasteiger partial charge in [0.25, 0.3) is 5.91 Å². The van der Waals surface area contributed by atoms with Gasteiger partial charge in [0.05, 0.1) is 0 Å². The number of nitrogens with zero attached hydrogens (tertiary/aromatic N) is 1. The zero-order chi connectivity index (χ0) is 12.3. The number of carbonyl (C=O) groups excluding carboxylic acids is 1. The number of aromatic nitrogens is 2. The van der Waals surface area contributed by atoms with Gasteiger partial charge in [0.2, 0.25) is 0 Å². The molecular formula is C12H20N4O. The maximum Gasteiger partial charge on any atom is 0.269 e. The van der Waals surface area contributed by atoms with Crippen LogP contribution in [0.5, 0.6) is 0 Å². The molecule has 1 aromatic rings. The molecule has 5 heteroatoms. The van der Waals surface area contributed by atoms with Gasteiger partial charge in [0.15, 0.2) is 0 Å². The third kappa shape index (κ3) is 2.99. The fourth-order valence-corrected chi connectivity index (χ4v) is 2.42. The van der Waals surface area contributed by atoms with Crippen molar-refractivity contribution < 1.29 is 4.79 Å². The van der Waals surface area contributed by atoms with Gasteiger partial charge in [-0.1, -0.05) is 26.2 Å². The van der Waals surface area contributed by atoms with Crippen molar-refractivity contribution in [1.29, 1.82) is 0 Å². The lowest BCUT2D eigenvalue weighted by Gasteiger charge is -2.33. The minimum Gasteiger partial charge on any atom is -0.382 e. The topological polar surface area (TPSA) is 83.8 Å². The van der Waals surface area contributed by atoms with Gasteiger partial charge < -0.3 is 11.1 Å². The summed E-state index contributed by atoms with van der Waals surface area (Å²) < 4.78 is 0. The molecule has 0 radical (unpaired) electrons. The fourth-order valence-electron chi connectivity index (χ4n) is 2.42. The van der Waals surface area contributed by atoms with Crippen molar-refractivity contribution in [1.82, 2.24) is 15.5 Å². The molecular weight excluding hydrogens is 216 g/mol. The largest absolute Gasteiger partial charge is 0.382 e. The number of hydrogen-bond acceptors (Lipinski definition) is 3. The molecule has 1 aliphatic carbocycles. The molecule has 0 aromatic carbocycles. The molecule has 0 saturated heterocycles. The van der Waals surface area contributed by atoms with E-state index in [0.29, 0.717) is 11.5 Å². The first-order valence-corrected chi connectivity index (χ1v) is 6.18. The number of rotatable bonds is 3.